The molecule has 0 amide bonds. The van der Waals surface area contributed by atoms with Gasteiger partial charge in [-0.15, -0.1) is 0 Å². The van der Waals surface area contributed by atoms with E-state index in [1.54, 1.807) is 12.1 Å². The van der Waals surface area contributed by atoms with E-state index < -0.39 is 0 Å². The molecule has 112 valence electrons. The van der Waals surface area contributed by atoms with Crippen LogP contribution in [0.2, 0.25) is 0 Å². The molecule has 1 aliphatic rings. The molecule has 1 aliphatic carbocycles. The number of nitrogens with one attached hydrogen (secondary N) is 1. The zero-order valence-electron chi connectivity index (χ0n) is 12.7. The van der Waals surface area contributed by atoms with Crippen LogP contribution in [0.1, 0.15) is 54.3 Å². The molecular weight excluding hydrogens is 267 g/mol. The highest BCUT2D eigenvalue weighted by atomic mass is 19.1. The van der Waals surface area contributed by atoms with Gasteiger partial charge in [0.05, 0.1) is 5.69 Å². The molecule has 4 heteroatoms. The summed E-state index contributed by atoms with van der Waals surface area (Å²) < 4.78 is 19.0. The fourth-order valence-electron chi connectivity index (χ4n) is 3.36. The van der Waals surface area contributed by atoms with E-state index in [4.69, 9.17) is 4.52 Å². The SMILES string of the molecule is Cc1noc(C)c1C(C)NC1CC(c2ccccc2F)C1. The van der Waals surface area contributed by atoms with Gasteiger partial charge < -0.3 is 9.84 Å². The summed E-state index contributed by atoms with van der Waals surface area (Å²) in [6, 6.07) is 7.73. The molecule has 1 heterocycles. The minimum atomic E-state index is -0.0836. The summed E-state index contributed by atoms with van der Waals surface area (Å²) in [5.41, 5.74) is 2.93. The molecule has 0 bridgehead atoms. The van der Waals surface area contributed by atoms with Crippen LogP contribution in [0.3, 0.4) is 0 Å². The Labute approximate surface area is 124 Å². The third-order valence-corrected chi connectivity index (χ3v) is 4.49. The van der Waals surface area contributed by atoms with Gasteiger partial charge in [-0.3, -0.25) is 0 Å². The highest BCUT2D eigenvalue weighted by Crippen LogP contribution is 2.39. The van der Waals surface area contributed by atoms with E-state index in [-0.39, 0.29) is 11.9 Å². The van der Waals surface area contributed by atoms with E-state index in [0.29, 0.717) is 12.0 Å². The minimum absolute atomic E-state index is 0.0836. The number of aromatic nitrogens is 1. The Bertz CT molecular complexity index is 612. The fourth-order valence-corrected chi connectivity index (χ4v) is 3.36. The normalized spacial score (nSPS) is 22.9. The first-order chi connectivity index (χ1) is 10.1. The van der Waals surface area contributed by atoms with Crippen LogP contribution in [-0.2, 0) is 0 Å². The molecule has 0 aliphatic heterocycles. The molecule has 21 heavy (non-hydrogen) atoms. The molecule has 3 rings (SSSR count). The largest absolute Gasteiger partial charge is 0.361 e. The summed E-state index contributed by atoms with van der Waals surface area (Å²) in [5.74, 6) is 1.12. The van der Waals surface area contributed by atoms with Crippen LogP contribution >= 0.6 is 0 Å². The molecule has 1 saturated carbocycles. The third-order valence-electron chi connectivity index (χ3n) is 4.49. The van der Waals surface area contributed by atoms with Gasteiger partial charge in [-0.25, -0.2) is 4.39 Å². The monoisotopic (exact) mass is 288 g/mol. The second-order valence-corrected chi connectivity index (χ2v) is 6.01. The first-order valence-corrected chi connectivity index (χ1v) is 7.49. The van der Waals surface area contributed by atoms with Crippen molar-refractivity contribution in [2.45, 2.75) is 51.6 Å². The van der Waals surface area contributed by atoms with Gasteiger partial charge in [0.15, 0.2) is 0 Å². The van der Waals surface area contributed by atoms with E-state index >= 15 is 0 Å². The van der Waals surface area contributed by atoms with Crippen LogP contribution in [0.15, 0.2) is 28.8 Å². The number of rotatable bonds is 4. The minimum Gasteiger partial charge on any atom is -0.361 e. The summed E-state index contributed by atoms with van der Waals surface area (Å²) in [5, 5.41) is 7.60. The summed E-state index contributed by atoms with van der Waals surface area (Å²) in [6.45, 7) is 6.03. The lowest BCUT2D eigenvalue weighted by Gasteiger charge is -2.38. The Kier molecular flexibility index (Phi) is 3.81. The van der Waals surface area contributed by atoms with Gasteiger partial charge in [0.25, 0.3) is 0 Å². The van der Waals surface area contributed by atoms with Crippen molar-refractivity contribution in [3.05, 3.63) is 52.7 Å². The molecule has 1 unspecified atom stereocenters. The van der Waals surface area contributed by atoms with Gasteiger partial charge in [0.2, 0.25) is 0 Å². The molecule has 0 spiro atoms. The van der Waals surface area contributed by atoms with Crippen LogP contribution < -0.4 is 5.32 Å². The first-order valence-electron chi connectivity index (χ1n) is 7.49. The van der Waals surface area contributed by atoms with Crippen molar-refractivity contribution in [3.63, 3.8) is 0 Å². The Morgan fingerprint density at radius 2 is 2.00 bits per heavy atom. The van der Waals surface area contributed by atoms with Crippen LogP contribution in [0, 0.1) is 19.7 Å². The highest BCUT2D eigenvalue weighted by Gasteiger charge is 2.33. The van der Waals surface area contributed by atoms with Crippen molar-refractivity contribution in [2.24, 2.45) is 0 Å². The van der Waals surface area contributed by atoms with Gasteiger partial charge in [-0.05, 0) is 51.2 Å². The summed E-state index contributed by atoms with van der Waals surface area (Å²) >= 11 is 0. The Balaban J connectivity index is 1.59. The van der Waals surface area contributed by atoms with Crippen LogP contribution in [-0.4, -0.2) is 11.2 Å². The van der Waals surface area contributed by atoms with Crippen LogP contribution in [0.5, 0.6) is 0 Å². The van der Waals surface area contributed by atoms with Crippen molar-refractivity contribution in [3.8, 4) is 0 Å². The summed E-state index contributed by atoms with van der Waals surface area (Å²) in [6.07, 6.45) is 1.96. The zero-order valence-corrected chi connectivity index (χ0v) is 12.7. The maximum Gasteiger partial charge on any atom is 0.138 e. The molecule has 1 aromatic heterocycles. The molecule has 1 aromatic carbocycles. The van der Waals surface area contributed by atoms with Crippen LogP contribution in [0.4, 0.5) is 4.39 Å². The third kappa shape index (κ3) is 2.72. The first kappa shape index (κ1) is 14.3. The Hall–Kier alpha value is -1.68. The molecule has 0 radical (unpaired) electrons. The van der Waals surface area contributed by atoms with Crippen molar-refractivity contribution < 1.29 is 8.91 Å². The van der Waals surface area contributed by atoms with E-state index in [0.717, 1.165) is 35.4 Å². The number of hydrogen-bond donors (Lipinski definition) is 1. The second kappa shape index (κ2) is 5.60. The molecule has 3 nitrogen and oxygen atoms in total. The quantitative estimate of drug-likeness (QED) is 0.923. The summed E-state index contributed by atoms with van der Waals surface area (Å²) in [7, 11) is 0. The number of hydrogen-bond acceptors (Lipinski definition) is 3. The van der Waals surface area contributed by atoms with Crippen molar-refractivity contribution >= 4 is 0 Å². The van der Waals surface area contributed by atoms with Gasteiger partial charge in [0.1, 0.15) is 11.6 Å². The number of aryl methyl sites for hydroxylation is 2. The number of benzene rings is 1. The van der Waals surface area contributed by atoms with E-state index in [2.05, 4.69) is 17.4 Å². The number of halogens is 1. The van der Waals surface area contributed by atoms with Crippen molar-refractivity contribution in [1.29, 1.82) is 0 Å². The molecule has 1 fully saturated rings. The number of nitrogens with zero attached hydrogens (tertiary/aromatic N) is 1. The molecule has 1 atom stereocenters. The Morgan fingerprint density at radius 1 is 1.29 bits per heavy atom. The average Bonchev–Trinajstić information content (AvgIpc) is 2.74. The van der Waals surface area contributed by atoms with Gasteiger partial charge >= 0.3 is 0 Å². The molecular formula is C17H21FN2O. The maximum absolute atomic E-state index is 13.7. The highest BCUT2D eigenvalue weighted by molar-refractivity contribution is 5.27. The topological polar surface area (TPSA) is 38.1 Å². The summed E-state index contributed by atoms with van der Waals surface area (Å²) in [4.78, 5) is 0. The second-order valence-electron chi connectivity index (χ2n) is 6.01. The predicted octanol–water partition coefficient (Wildman–Crippen LogP) is 4.03. The van der Waals surface area contributed by atoms with Gasteiger partial charge in [0, 0.05) is 17.6 Å². The molecule has 2 aromatic rings. The molecule has 1 N–H and O–H groups in total. The Morgan fingerprint density at radius 3 is 2.62 bits per heavy atom. The lowest BCUT2D eigenvalue weighted by atomic mass is 9.75. The van der Waals surface area contributed by atoms with E-state index in [9.17, 15) is 4.39 Å². The van der Waals surface area contributed by atoms with Crippen LogP contribution in [0.25, 0.3) is 0 Å². The smallest absolute Gasteiger partial charge is 0.138 e. The average molecular weight is 288 g/mol. The van der Waals surface area contributed by atoms with Crippen molar-refractivity contribution in [1.82, 2.24) is 10.5 Å². The molecule has 0 saturated heterocycles. The van der Waals surface area contributed by atoms with E-state index in [1.807, 2.05) is 26.0 Å². The lowest BCUT2D eigenvalue weighted by molar-refractivity contribution is 0.265. The predicted molar refractivity (Wildman–Crippen MR) is 79.7 cm³/mol. The van der Waals surface area contributed by atoms with Gasteiger partial charge in [-0.2, -0.15) is 0 Å². The fraction of sp³-hybridized carbons (Fsp3) is 0.471. The van der Waals surface area contributed by atoms with Gasteiger partial charge in [-0.1, -0.05) is 23.4 Å². The van der Waals surface area contributed by atoms with Crippen molar-refractivity contribution in [2.75, 3.05) is 0 Å². The zero-order chi connectivity index (χ0) is 15.0. The maximum atomic E-state index is 13.7. The standard InChI is InChI=1S/C17H21FN2O/c1-10(17-11(2)20-21-12(17)3)19-14-8-13(9-14)15-6-4-5-7-16(15)18/h4-7,10,13-14,19H,8-9H2,1-3H3. The lowest BCUT2D eigenvalue weighted by Crippen LogP contribution is -2.41. The van der Waals surface area contributed by atoms with E-state index in [1.165, 1.54) is 0 Å².